The molecule has 0 unspecified atom stereocenters. The van der Waals surface area contributed by atoms with Crippen LogP contribution in [0.1, 0.15) is 5.56 Å². The fourth-order valence-electron chi connectivity index (χ4n) is 2.77. The third-order valence-corrected chi connectivity index (χ3v) is 6.11. The maximum absolute atomic E-state index is 12.6. The normalized spacial score (nSPS) is 11.1. The molecule has 0 fully saturated rings. The minimum Gasteiger partial charge on any atom is -0.325 e. The monoisotopic (exact) mass is 405 g/mol. The molecule has 0 saturated heterocycles. The van der Waals surface area contributed by atoms with Crippen LogP contribution in [0.15, 0.2) is 83.8 Å². The van der Waals surface area contributed by atoms with Gasteiger partial charge in [-0.1, -0.05) is 48.5 Å². The van der Waals surface area contributed by atoms with Crippen LogP contribution in [0.25, 0.3) is 11.1 Å². The molecule has 0 atom stereocenters. The van der Waals surface area contributed by atoms with E-state index in [0.29, 0.717) is 5.69 Å². The summed E-state index contributed by atoms with van der Waals surface area (Å²) in [5.41, 5.74) is 2.89. The first-order valence-corrected chi connectivity index (χ1v) is 10.3. The van der Waals surface area contributed by atoms with Crippen molar-refractivity contribution in [3.63, 3.8) is 0 Å². The lowest BCUT2D eigenvalue weighted by Gasteiger charge is -2.17. The Morgan fingerprint density at radius 2 is 1.62 bits per heavy atom. The summed E-state index contributed by atoms with van der Waals surface area (Å²) in [4.78, 5) is 12.3. The van der Waals surface area contributed by atoms with Gasteiger partial charge in [0.15, 0.2) is 0 Å². The molecule has 0 aliphatic rings. The predicted molar refractivity (Wildman–Crippen MR) is 111 cm³/mol. The van der Waals surface area contributed by atoms with E-state index >= 15 is 0 Å². The van der Waals surface area contributed by atoms with Crippen LogP contribution in [0, 0.1) is 11.3 Å². The quantitative estimate of drug-likeness (QED) is 0.680. The van der Waals surface area contributed by atoms with E-state index in [1.807, 2.05) is 48.5 Å². The molecule has 1 N–H and O–H groups in total. The third-order valence-electron chi connectivity index (χ3n) is 4.31. The Labute approximate surface area is 170 Å². The molecule has 3 aromatic rings. The molecule has 3 rings (SSSR count). The zero-order valence-electron chi connectivity index (χ0n) is 15.7. The Kier molecular flexibility index (Phi) is 6.07. The van der Waals surface area contributed by atoms with Crippen molar-refractivity contribution in [2.75, 3.05) is 18.9 Å². The van der Waals surface area contributed by atoms with E-state index in [9.17, 15) is 13.2 Å². The zero-order valence-corrected chi connectivity index (χ0v) is 16.6. The highest BCUT2D eigenvalue weighted by Crippen LogP contribution is 2.21. The second-order valence-electron chi connectivity index (χ2n) is 6.39. The number of nitrogens with one attached hydrogen (secondary N) is 1. The molecular weight excluding hydrogens is 386 g/mol. The van der Waals surface area contributed by atoms with Crippen LogP contribution in [-0.4, -0.2) is 32.2 Å². The number of amides is 1. The second-order valence-corrected chi connectivity index (χ2v) is 8.44. The van der Waals surface area contributed by atoms with Gasteiger partial charge < -0.3 is 5.32 Å². The molecule has 146 valence electrons. The summed E-state index contributed by atoms with van der Waals surface area (Å²) in [6, 6.07) is 24.7. The summed E-state index contributed by atoms with van der Waals surface area (Å²) >= 11 is 0. The first kappa shape index (κ1) is 20.3. The van der Waals surface area contributed by atoms with E-state index in [-0.39, 0.29) is 17.0 Å². The van der Waals surface area contributed by atoms with Gasteiger partial charge in [-0.15, -0.1) is 0 Å². The highest BCUT2D eigenvalue weighted by Gasteiger charge is 2.23. The van der Waals surface area contributed by atoms with Crippen molar-refractivity contribution in [3.8, 4) is 17.2 Å². The summed E-state index contributed by atoms with van der Waals surface area (Å²) < 4.78 is 26.2. The lowest BCUT2D eigenvalue weighted by molar-refractivity contribution is -0.116. The molecule has 3 aromatic carbocycles. The molecule has 29 heavy (non-hydrogen) atoms. The molecule has 0 heterocycles. The number of nitrogens with zero attached hydrogens (tertiary/aromatic N) is 2. The molecule has 0 radical (unpaired) electrons. The van der Waals surface area contributed by atoms with Gasteiger partial charge in [0.05, 0.1) is 23.1 Å². The predicted octanol–water partition coefficient (Wildman–Crippen LogP) is 3.48. The van der Waals surface area contributed by atoms with Crippen LogP contribution in [0.3, 0.4) is 0 Å². The molecule has 0 saturated carbocycles. The number of rotatable bonds is 6. The number of nitriles is 1. The van der Waals surface area contributed by atoms with Crippen molar-refractivity contribution >= 4 is 21.6 Å². The van der Waals surface area contributed by atoms with Crippen LogP contribution in [0.5, 0.6) is 0 Å². The van der Waals surface area contributed by atoms with Gasteiger partial charge in [0.25, 0.3) is 0 Å². The first-order chi connectivity index (χ1) is 13.9. The Morgan fingerprint density at radius 3 is 2.28 bits per heavy atom. The molecule has 0 aliphatic carbocycles. The van der Waals surface area contributed by atoms with E-state index in [1.54, 1.807) is 12.1 Å². The molecular formula is C22H19N3O3S. The summed E-state index contributed by atoms with van der Waals surface area (Å²) in [6.07, 6.45) is 0. The highest BCUT2D eigenvalue weighted by atomic mass is 32.2. The van der Waals surface area contributed by atoms with Crippen LogP contribution < -0.4 is 5.32 Å². The number of carbonyl (C=O) groups excluding carboxylic acids is 1. The van der Waals surface area contributed by atoms with Crippen LogP contribution in [0.2, 0.25) is 0 Å². The maximum atomic E-state index is 12.6. The van der Waals surface area contributed by atoms with Crippen LogP contribution >= 0.6 is 0 Å². The van der Waals surface area contributed by atoms with Crippen LogP contribution in [-0.2, 0) is 14.8 Å². The van der Waals surface area contributed by atoms with Crippen molar-refractivity contribution in [1.82, 2.24) is 4.31 Å². The van der Waals surface area contributed by atoms with E-state index in [4.69, 9.17) is 5.26 Å². The molecule has 0 bridgehead atoms. The number of benzene rings is 3. The lowest BCUT2D eigenvalue weighted by Crippen LogP contribution is -2.35. The summed E-state index contributed by atoms with van der Waals surface area (Å²) in [7, 11) is -2.55. The van der Waals surface area contributed by atoms with Crippen molar-refractivity contribution in [1.29, 1.82) is 5.26 Å². The van der Waals surface area contributed by atoms with Crippen molar-refractivity contribution in [2.45, 2.75) is 4.90 Å². The number of hydrogen-bond donors (Lipinski definition) is 1. The van der Waals surface area contributed by atoms with Gasteiger partial charge in [-0.25, -0.2) is 8.42 Å². The molecule has 1 amide bonds. The highest BCUT2D eigenvalue weighted by molar-refractivity contribution is 7.89. The van der Waals surface area contributed by atoms with Gasteiger partial charge in [-0.2, -0.15) is 9.57 Å². The molecule has 0 aliphatic heterocycles. The first-order valence-electron chi connectivity index (χ1n) is 8.82. The smallest absolute Gasteiger partial charge is 0.243 e. The zero-order chi connectivity index (χ0) is 20.9. The third kappa shape index (κ3) is 4.88. The summed E-state index contributed by atoms with van der Waals surface area (Å²) in [5.74, 6) is -0.458. The molecule has 7 heteroatoms. The number of likely N-dealkylation sites (N-methyl/N-ethyl adjacent to an activating group) is 1. The fraction of sp³-hybridized carbons (Fsp3) is 0.0909. The molecule has 0 aromatic heterocycles. The van der Waals surface area contributed by atoms with Gasteiger partial charge in [0, 0.05) is 12.7 Å². The second kappa shape index (κ2) is 8.69. The van der Waals surface area contributed by atoms with Gasteiger partial charge in [0.2, 0.25) is 15.9 Å². The van der Waals surface area contributed by atoms with Gasteiger partial charge >= 0.3 is 0 Å². The topological polar surface area (TPSA) is 90.3 Å². The lowest BCUT2D eigenvalue weighted by atomic mass is 10.1. The largest absolute Gasteiger partial charge is 0.325 e. The number of carbonyl (C=O) groups is 1. The van der Waals surface area contributed by atoms with Crippen LogP contribution in [0.4, 0.5) is 5.69 Å². The van der Waals surface area contributed by atoms with E-state index in [2.05, 4.69) is 5.32 Å². The van der Waals surface area contributed by atoms with Crippen molar-refractivity contribution < 1.29 is 13.2 Å². The standard InChI is InChI=1S/C22H19N3O3S/c1-25(29(27,28)21-9-5-6-17(14-21)15-23)16-22(26)24-20-12-10-19(11-13-20)18-7-3-2-4-8-18/h2-14H,16H2,1H3,(H,24,26). The van der Waals surface area contributed by atoms with Gasteiger partial charge in [-0.05, 0) is 41.5 Å². The fourth-order valence-corrected chi connectivity index (χ4v) is 3.94. The van der Waals surface area contributed by atoms with Crippen molar-refractivity contribution in [3.05, 3.63) is 84.4 Å². The summed E-state index contributed by atoms with van der Waals surface area (Å²) in [6.45, 7) is -0.348. The van der Waals surface area contributed by atoms with Gasteiger partial charge in [0.1, 0.15) is 0 Å². The maximum Gasteiger partial charge on any atom is 0.243 e. The van der Waals surface area contributed by atoms with E-state index in [1.165, 1.54) is 31.3 Å². The van der Waals surface area contributed by atoms with E-state index in [0.717, 1.165) is 15.4 Å². The average Bonchev–Trinajstić information content (AvgIpc) is 2.74. The average molecular weight is 405 g/mol. The Hall–Kier alpha value is -3.47. The number of anilines is 1. The SMILES string of the molecule is CN(CC(=O)Nc1ccc(-c2ccccc2)cc1)S(=O)(=O)c1cccc(C#N)c1. The molecule has 6 nitrogen and oxygen atoms in total. The number of sulfonamides is 1. The van der Waals surface area contributed by atoms with E-state index < -0.39 is 15.9 Å². The minimum atomic E-state index is -3.88. The number of hydrogen-bond acceptors (Lipinski definition) is 4. The molecule has 0 spiro atoms. The van der Waals surface area contributed by atoms with Gasteiger partial charge in [-0.3, -0.25) is 4.79 Å². The summed E-state index contributed by atoms with van der Waals surface area (Å²) in [5, 5.41) is 11.6. The Bertz CT molecular complexity index is 1150. The van der Waals surface area contributed by atoms with Crippen molar-refractivity contribution in [2.24, 2.45) is 0 Å². The Balaban J connectivity index is 1.66. The Morgan fingerprint density at radius 1 is 0.966 bits per heavy atom. The minimum absolute atomic E-state index is 0.0286.